The zero-order valence-corrected chi connectivity index (χ0v) is 20.9. The molecule has 3 aromatic carbocycles. The van der Waals surface area contributed by atoms with E-state index in [1.54, 1.807) is 35.6 Å². The number of sulfone groups is 1. The molecular formula is C24H18ClN3O2S3. The number of nitrogens with one attached hydrogen (secondary N) is 1. The van der Waals surface area contributed by atoms with Crippen LogP contribution < -0.4 is 5.32 Å². The Hall–Kier alpha value is -2.78. The molecule has 5 rings (SSSR count). The number of aryl methyl sites for hydroxylation is 2. The number of fused-ring (bicyclic) bond motifs is 1. The maximum atomic E-state index is 13.0. The molecule has 0 amide bonds. The number of halogens is 1. The van der Waals surface area contributed by atoms with Gasteiger partial charge >= 0.3 is 0 Å². The standard InChI is InChI=1S/C24H18ClN3O2S3/c1-14-3-10-18(11-4-14)33(29,30)23-21(25)32-24(28-23)26-17-8-6-16(7-9-17)22-27-19-12-5-15(2)13-20(19)31-22/h3-13H,1-2H3,(H,26,28). The van der Waals surface area contributed by atoms with Gasteiger partial charge in [-0.05, 0) is 67.9 Å². The Morgan fingerprint density at radius 2 is 1.55 bits per heavy atom. The number of anilines is 2. The van der Waals surface area contributed by atoms with Gasteiger partial charge in [-0.2, -0.15) is 0 Å². The molecule has 0 saturated carbocycles. The Bertz CT molecular complexity index is 1570. The van der Waals surface area contributed by atoms with Gasteiger partial charge in [0.15, 0.2) is 10.2 Å². The minimum absolute atomic E-state index is 0.125. The van der Waals surface area contributed by atoms with E-state index >= 15 is 0 Å². The van der Waals surface area contributed by atoms with Gasteiger partial charge in [-0.25, -0.2) is 18.4 Å². The van der Waals surface area contributed by atoms with Crippen LogP contribution in [-0.2, 0) is 9.84 Å². The Morgan fingerprint density at radius 3 is 2.27 bits per heavy atom. The van der Waals surface area contributed by atoms with Crippen LogP contribution in [0.3, 0.4) is 0 Å². The molecule has 0 spiro atoms. The highest BCUT2D eigenvalue weighted by Crippen LogP contribution is 2.36. The van der Waals surface area contributed by atoms with Gasteiger partial charge in [-0.1, -0.05) is 46.7 Å². The molecule has 9 heteroatoms. The van der Waals surface area contributed by atoms with Crippen LogP contribution in [0.25, 0.3) is 20.8 Å². The summed E-state index contributed by atoms with van der Waals surface area (Å²) in [5.74, 6) is 0. The van der Waals surface area contributed by atoms with Crippen molar-refractivity contribution in [3.05, 3.63) is 82.2 Å². The van der Waals surface area contributed by atoms with Crippen LogP contribution in [-0.4, -0.2) is 18.4 Å². The van der Waals surface area contributed by atoms with E-state index in [1.807, 2.05) is 37.3 Å². The second kappa shape index (κ2) is 8.53. The van der Waals surface area contributed by atoms with Crippen LogP contribution in [0, 0.1) is 13.8 Å². The van der Waals surface area contributed by atoms with Crippen molar-refractivity contribution in [3.8, 4) is 10.6 Å². The number of hydrogen-bond acceptors (Lipinski definition) is 7. The average Bonchev–Trinajstić information content (AvgIpc) is 3.37. The molecule has 5 nitrogen and oxygen atoms in total. The molecule has 0 aliphatic carbocycles. The summed E-state index contributed by atoms with van der Waals surface area (Å²) in [7, 11) is -3.80. The van der Waals surface area contributed by atoms with Crippen molar-refractivity contribution in [3.63, 3.8) is 0 Å². The Morgan fingerprint density at radius 1 is 0.848 bits per heavy atom. The number of rotatable bonds is 5. The molecule has 33 heavy (non-hydrogen) atoms. The fourth-order valence-corrected chi connectivity index (χ4v) is 7.21. The third kappa shape index (κ3) is 4.39. The zero-order chi connectivity index (χ0) is 23.2. The summed E-state index contributed by atoms with van der Waals surface area (Å²) >= 11 is 9.01. The number of thiazole rings is 2. The highest BCUT2D eigenvalue weighted by molar-refractivity contribution is 7.91. The van der Waals surface area contributed by atoms with Crippen molar-refractivity contribution in [1.29, 1.82) is 0 Å². The first-order valence-electron chi connectivity index (χ1n) is 10.0. The number of aromatic nitrogens is 2. The van der Waals surface area contributed by atoms with E-state index in [0.717, 1.165) is 43.4 Å². The average molecular weight is 512 g/mol. The lowest BCUT2D eigenvalue weighted by atomic mass is 10.2. The van der Waals surface area contributed by atoms with Crippen LogP contribution >= 0.6 is 34.3 Å². The third-order valence-electron chi connectivity index (χ3n) is 5.07. The molecule has 2 heterocycles. The fourth-order valence-electron chi connectivity index (χ4n) is 3.31. The molecule has 0 bridgehead atoms. The van der Waals surface area contributed by atoms with Gasteiger partial charge in [-0.3, -0.25) is 0 Å². The van der Waals surface area contributed by atoms with E-state index in [1.165, 1.54) is 5.56 Å². The molecule has 0 radical (unpaired) electrons. The summed E-state index contributed by atoms with van der Waals surface area (Å²) in [4.78, 5) is 9.16. The largest absolute Gasteiger partial charge is 0.331 e. The number of benzene rings is 3. The maximum Gasteiger partial charge on any atom is 0.226 e. The predicted molar refractivity (Wildman–Crippen MR) is 137 cm³/mol. The monoisotopic (exact) mass is 511 g/mol. The van der Waals surface area contributed by atoms with Gasteiger partial charge in [0.1, 0.15) is 9.34 Å². The van der Waals surface area contributed by atoms with Crippen molar-refractivity contribution in [2.24, 2.45) is 0 Å². The molecule has 0 fully saturated rings. The lowest BCUT2D eigenvalue weighted by molar-refractivity contribution is 0.593. The van der Waals surface area contributed by atoms with E-state index in [9.17, 15) is 8.42 Å². The smallest absolute Gasteiger partial charge is 0.226 e. The van der Waals surface area contributed by atoms with Crippen LogP contribution in [0.5, 0.6) is 0 Å². The quantitative estimate of drug-likeness (QED) is 0.268. The van der Waals surface area contributed by atoms with Crippen LogP contribution in [0.1, 0.15) is 11.1 Å². The van der Waals surface area contributed by atoms with Crippen molar-refractivity contribution < 1.29 is 8.42 Å². The fraction of sp³-hybridized carbons (Fsp3) is 0.0833. The topological polar surface area (TPSA) is 72.0 Å². The lowest BCUT2D eigenvalue weighted by Gasteiger charge is -2.04. The third-order valence-corrected chi connectivity index (χ3v) is 9.25. The molecule has 0 saturated heterocycles. The summed E-state index contributed by atoms with van der Waals surface area (Å²) in [6.45, 7) is 3.97. The zero-order valence-electron chi connectivity index (χ0n) is 17.7. The molecule has 0 aliphatic heterocycles. The van der Waals surface area contributed by atoms with E-state index in [0.29, 0.717) is 5.13 Å². The lowest BCUT2D eigenvalue weighted by Crippen LogP contribution is -2.03. The first kappa shape index (κ1) is 22.0. The maximum absolute atomic E-state index is 13.0. The van der Waals surface area contributed by atoms with Crippen molar-refractivity contribution >= 4 is 65.1 Å². The SMILES string of the molecule is Cc1ccc(S(=O)(=O)c2nc(Nc3ccc(-c4nc5ccc(C)cc5s4)cc3)sc2Cl)cc1. The number of nitrogens with zero attached hydrogens (tertiary/aromatic N) is 2. The van der Waals surface area contributed by atoms with Crippen LogP contribution in [0.15, 0.2) is 76.7 Å². The van der Waals surface area contributed by atoms with Crippen LogP contribution in [0.4, 0.5) is 10.8 Å². The van der Waals surface area contributed by atoms with Gasteiger partial charge in [-0.15, -0.1) is 11.3 Å². The first-order valence-corrected chi connectivity index (χ1v) is 13.5. The Balaban J connectivity index is 1.38. The van der Waals surface area contributed by atoms with Gasteiger partial charge in [0.05, 0.1) is 15.1 Å². The van der Waals surface area contributed by atoms with E-state index in [-0.39, 0.29) is 14.3 Å². The molecule has 166 valence electrons. The highest BCUT2D eigenvalue weighted by Gasteiger charge is 2.25. The molecule has 0 aliphatic rings. The summed E-state index contributed by atoms with van der Waals surface area (Å²) < 4.78 is 27.2. The van der Waals surface area contributed by atoms with E-state index < -0.39 is 9.84 Å². The van der Waals surface area contributed by atoms with Gasteiger partial charge in [0.2, 0.25) is 9.84 Å². The minimum atomic E-state index is -3.80. The summed E-state index contributed by atoms with van der Waals surface area (Å²) in [6, 6.07) is 20.7. The predicted octanol–water partition coefficient (Wildman–Crippen LogP) is 7.27. The second-order valence-corrected chi connectivity index (χ2v) is 12.1. The number of hydrogen-bond donors (Lipinski definition) is 1. The summed E-state index contributed by atoms with van der Waals surface area (Å²) in [6.07, 6.45) is 0. The van der Waals surface area contributed by atoms with Crippen molar-refractivity contribution in [2.45, 2.75) is 23.8 Å². The Labute approximate surface area is 204 Å². The van der Waals surface area contributed by atoms with Crippen molar-refractivity contribution in [1.82, 2.24) is 9.97 Å². The molecule has 5 aromatic rings. The summed E-state index contributed by atoms with van der Waals surface area (Å²) in [5, 5.41) is 4.38. The van der Waals surface area contributed by atoms with Gasteiger partial charge in [0, 0.05) is 11.3 Å². The van der Waals surface area contributed by atoms with E-state index in [2.05, 4.69) is 29.4 Å². The van der Waals surface area contributed by atoms with Crippen molar-refractivity contribution in [2.75, 3.05) is 5.32 Å². The highest BCUT2D eigenvalue weighted by atomic mass is 35.5. The first-order chi connectivity index (χ1) is 15.8. The second-order valence-electron chi connectivity index (χ2n) is 7.61. The normalized spacial score (nSPS) is 11.7. The molecule has 2 aromatic heterocycles. The van der Waals surface area contributed by atoms with Crippen LogP contribution in [0.2, 0.25) is 4.34 Å². The van der Waals surface area contributed by atoms with Gasteiger partial charge in [0.25, 0.3) is 0 Å². The van der Waals surface area contributed by atoms with Gasteiger partial charge < -0.3 is 5.32 Å². The molecular weight excluding hydrogens is 494 g/mol. The molecule has 0 unspecified atom stereocenters. The van der Waals surface area contributed by atoms with E-state index in [4.69, 9.17) is 16.6 Å². The minimum Gasteiger partial charge on any atom is -0.331 e. The summed E-state index contributed by atoms with van der Waals surface area (Å²) in [5.41, 5.74) is 4.97. The Kier molecular flexibility index (Phi) is 5.70. The molecule has 0 atom stereocenters. The molecule has 1 N–H and O–H groups in total.